The number of aliphatic hydroxyl groups is 1. The molecule has 0 aromatic heterocycles. The van der Waals surface area contributed by atoms with E-state index in [9.17, 15) is 9.90 Å². The van der Waals surface area contributed by atoms with Crippen LogP contribution < -0.4 is 0 Å². The van der Waals surface area contributed by atoms with Crippen LogP contribution in [0.25, 0.3) is 0 Å². The molecule has 2 aliphatic rings. The van der Waals surface area contributed by atoms with Crippen LogP contribution in [0.3, 0.4) is 0 Å². The number of carbonyl (C=O) groups excluding carboxylic acids is 1. The second kappa shape index (κ2) is 8.00. The quantitative estimate of drug-likeness (QED) is 0.757. The van der Waals surface area contributed by atoms with E-state index in [1.54, 1.807) is 0 Å². The van der Waals surface area contributed by atoms with E-state index in [2.05, 4.69) is 13.8 Å². The molecular formula is C20H38O3. The Morgan fingerprint density at radius 2 is 1.87 bits per heavy atom. The molecule has 0 amide bonds. The largest absolute Gasteiger partial charge is 0.465 e. The minimum atomic E-state index is -0.428. The summed E-state index contributed by atoms with van der Waals surface area (Å²) in [5, 5.41) is 10.3. The Labute approximate surface area is 143 Å². The summed E-state index contributed by atoms with van der Waals surface area (Å²) >= 11 is 0. The fourth-order valence-corrected chi connectivity index (χ4v) is 4.66. The second-order valence-electron chi connectivity index (χ2n) is 8.58. The number of hydrogen-bond donors (Lipinski definition) is 1. The molecule has 0 bridgehead atoms. The van der Waals surface area contributed by atoms with Gasteiger partial charge < -0.3 is 9.84 Å². The maximum atomic E-state index is 11.9. The molecule has 0 heterocycles. The number of aliphatic hydroxyl groups excluding tert-OH is 1. The molecule has 0 aliphatic heterocycles. The van der Waals surface area contributed by atoms with E-state index in [-0.39, 0.29) is 17.5 Å². The van der Waals surface area contributed by atoms with Crippen molar-refractivity contribution in [2.75, 3.05) is 6.61 Å². The van der Waals surface area contributed by atoms with Crippen molar-refractivity contribution in [3.05, 3.63) is 0 Å². The summed E-state index contributed by atoms with van der Waals surface area (Å²) < 4.78 is 5.53. The summed E-state index contributed by atoms with van der Waals surface area (Å²) in [6.07, 6.45) is 5.45. The normalized spacial score (nSPS) is 34.9. The molecule has 5 atom stereocenters. The van der Waals surface area contributed by atoms with Crippen molar-refractivity contribution in [3.8, 4) is 0 Å². The molecule has 23 heavy (non-hydrogen) atoms. The summed E-state index contributed by atoms with van der Waals surface area (Å²) in [4.78, 5) is 11.9. The van der Waals surface area contributed by atoms with E-state index >= 15 is 0 Å². The highest BCUT2D eigenvalue weighted by Crippen LogP contribution is 2.57. The Morgan fingerprint density at radius 3 is 2.43 bits per heavy atom. The molecule has 2 rings (SSSR count). The molecule has 1 N–H and O–H groups in total. The summed E-state index contributed by atoms with van der Waals surface area (Å²) in [6, 6.07) is 0. The van der Waals surface area contributed by atoms with Gasteiger partial charge in [0.25, 0.3) is 0 Å². The van der Waals surface area contributed by atoms with E-state index in [1.165, 1.54) is 6.42 Å². The average molecular weight is 327 g/mol. The van der Waals surface area contributed by atoms with Crippen LogP contribution in [0.4, 0.5) is 0 Å². The molecule has 0 aromatic rings. The summed E-state index contributed by atoms with van der Waals surface area (Å²) in [7, 11) is 0. The van der Waals surface area contributed by atoms with Gasteiger partial charge in [0.1, 0.15) is 0 Å². The van der Waals surface area contributed by atoms with Gasteiger partial charge in [0.05, 0.1) is 18.1 Å². The first-order chi connectivity index (χ1) is 10.7. The van der Waals surface area contributed by atoms with E-state index in [0.717, 1.165) is 25.7 Å². The molecule has 2 saturated carbocycles. The molecule has 3 nitrogen and oxygen atoms in total. The zero-order valence-electron chi connectivity index (χ0n) is 16.3. The topological polar surface area (TPSA) is 46.5 Å². The van der Waals surface area contributed by atoms with Crippen LogP contribution in [0, 0.1) is 28.6 Å². The van der Waals surface area contributed by atoms with E-state index in [4.69, 9.17) is 4.74 Å². The first kappa shape index (κ1) is 20.5. The first-order valence-electron chi connectivity index (χ1n) is 9.51. The lowest BCUT2D eigenvalue weighted by molar-refractivity contribution is -0.155. The van der Waals surface area contributed by atoms with Gasteiger partial charge >= 0.3 is 5.97 Å². The molecule has 2 fully saturated rings. The maximum Gasteiger partial charge on any atom is 0.311 e. The fourth-order valence-electron chi connectivity index (χ4n) is 4.66. The smallest absolute Gasteiger partial charge is 0.311 e. The van der Waals surface area contributed by atoms with Crippen molar-refractivity contribution in [3.63, 3.8) is 0 Å². The van der Waals surface area contributed by atoms with Crippen molar-refractivity contribution in [1.29, 1.82) is 0 Å². The maximum absolute atomic E-state index is 11.9. The van der Waals surface area contributed by atoms with Crippen molar-refractivity contribution >= 4 is 5.97 Å². The highest BCUT2D eigenvalue weighted by atomic mass is 16.5. The third-order valence-corrected chi connectivity index (χ3v) is 5.94. The molecule has 3 heteroatoms. The third kappa shape index (κ3) is 4.49. The third-order valence-electron chi connectivity index (χ3n) is 5.94. The summed E-state index contributed by atoms with van der Waals surface area (Å²) in [5.41, 5.74) is -0.200. The highest BCUT2D eigenvalue weighted by molar-refractivity contribution is 5.75. The lowest BCUT2D eigenvalue weighted by Crippen LogP contribution is -2.42. The molecule has 0 spiro atoms. The standard InChI is InChI=1S/C18H32O3.C2H6/c1-12(11-21-16(20)17(2,3)4)13-8-9-14-15(19)7-6-10-18(13,14)5;1-2/h12-15,19H,6-11H2,1-5H3;1-2H3/t12-,13?,14?,15?,18?;/m0./s1. The van der Waals surface area contributed by atoms with Gasteiger partial charge in [0, 0.05) is 0 Å². The highest BCUT2D eigenvalue weighted by Gasteiger charge is 2.52. The molecule has 4 unspecified atom stereocenters. The Balaban J connectivity index is 0.00000127. The number of carbonyl (C=O) groups is 1. The number of esters is 1. The Hall–Kier alpha value is -0.570. The number of ether oxygens (including phenoxy) is 1. The average Bonchev–Trinajstić information content (AvgIpc) is 2.84. The lowest BCUT2D eigenvalue weighted by Gasteiger charge is -2.45. The minimum Gasteiger partial charge on any atom is -0.465 e. The summed E-state index contributed by atoms with van der Waals surface area (Å²) in [6.45, 7) is 14.7. The van der Waals surface area contributed by atoms with Crippen LogP contribution in [-0.4, -0.2) is 23.8 Å². The molecule has 0 saturated heterocycles. The first-order valence-corrected chi connectivity index (χ1v) is 9.51. The van der Waals surface area contributed by atoms with Gasteiger partial charge in [-0.25, -0.2) is 0 Å². The molecule has 136 valence electrons. The Bertz CT molecular complexity index is 385. The van der Waals surface area contributed by atoms with Gasteiger partial charge in [0.2, 0.25) is 0 Å². The van der Waals surface area contributed by atoms with Crippen molar-refractivity contribution in [2.45, 2.75) is 86.7 Å². The van der Waals surface area contributed by atoms with Gasteiger partial charge in [-0.05, 0) is 69.6 Å². The Kier molecular flexibility index (Phi) is 7.12. The Morgan fingerprint density at radius 1 is 1.26 bits per heavy atom. The SMILES string of the molecule is CC.C[C@@H](COC(=O)C(C)(C)C)C1CCC2C(O)CCCC21C. The predicted octanol–water partition coefficient (Wildman–Crippen LogP) is 4.82. The monoisotopic (exact) mass is 326 g/mol. The fraction of sp³-hybridized carbons (Fsp3) is 0.950. The van der Waals surface area contributed by atoms with Crippen molar-refractivity contribution in [2.24, 2.45) is 28.6 Å². The number of fused-ring (bicyclic) bond motifs is 1. The summed E-state index contributed by atoms with van der Waals surface area (Å²) in [5.74, 6) is 1.26. The van der Waals surface area contributed by atoms with Gasteiger partial charge in [-0.1, -0.05) is 34.1 Å². The molecular weight excluding hydrogens is 288 g/mol. The number of rotatable bonds is 3. The van der Waals surface area contributed by atoms with E-state index in [0.29, 0.717) is 24.4 Å². The molecule has 0 aromatic carbocycles. The lowest BCUT2D eigenvalue weighted by atomic mass is 9.62. The number of hydrogen-bond acceptors (Lipinski definition) is 3. The van der Waals surface area contributed by atoms with Crippen LogP contribution in [-0.2, 0) is 9.53 Å². The predicted molar refractivity (Wildman–Crippen MR) is 95.1 cm³/mol. The second-order valence-corrected chi connectivity index (χ2v) is 8.58. The zero-order valence-corrected chi connectivity index (χ0v) is 16.3. The molecule has 0 radical (unpaired) electrons. The van der Waals surface area contributed by atoms with Crippen LogP contribution in [0.1, 0.15) is 80.6 Å². The van der Waals surface area contributed by atoms with Crippen LogP contribution in [0.2, 0.25) is 0 Å². The van der Waals surface area contributed by atoms with Crippen LogP contribution in [0.5, 0.6) is 0 Å². The molecule has 2 aliphatic carbocycles. The van der Waals surface area contributed by atoms with Crippen molar-refractivity contribution in [1.82, 2.24) is 0 Å². The van der Waals surface area contributed by atoms with E-state index < -0.39 is 5.41 Å². The van der Waals surface area contributed by atoms with Crippen LogP contribution >= 0.6 is 0 Å². The van der Waals surface area contributed by atoms with Gasteiger partial charge in [0.15, 0.2) is 0 Å². The van der Waals surface area contributed by atoms with Crippen molar-refractivity contribution < 1.29 is 14.6 Å². The van der Waals surface area contributed by atoms with Gasteiger partial charge in [-0.15, -0.1) is 0 Å². The van der Waals surface area contributed by atoms with E-state index in [1.807, 2.05) is 34.6 Å². The van der Waals surface area contributed by atoms with Crippen LogP contribution in [0.15, 0.2) is 0 Å². The van der Waals surface area contributed by atoms with Gasteiger partial charge in [-0.2, -0.15) is 0 Å². The zero-order chi connectivity index (χ0) is 17.8. The van der Waals surface area contributed by atoms with Gasteiger partial charge in [-0.3, -0.25) is 4.79 Å². The minimum absolute atomic E-state index is 0.113.